The molecule has 9 nitrogen and oxygen atoms in total. The van der Waals surface area contributed by atoms with Gasteiger partial charge in [-0.05, 0) is 50.2 Å². The van der Waals surface area contributed by atoms with Crippen molar-refractivity contribution >= 4 is 17.5 Å². The molecule has 9 heteroatoms. The zero-order valence-corrected chi connectivity index (χ0v) is 17.8. The number of rotatable bonds is 5. The Balaban J connectivity index is 1.38. The average Bonchev–Trinajstić information content (AvgIpc) is 3.45. The molecule has 3 aromatic rings. The zero-order valence-electron chi connectivity index (χ0n) is 17.8. The number of carbonyl (C=O) groups excluding carboxylic acids is 2. The second-order valence-electron chi connectivity index (χ2n) is 7.79. The third-order valence-electron chi connectivity index (χ3n) is 5.69. The number of amides is 2. The van der Waals surface area contributed by atoms with Crippen LogP contribution in [0.1, 0.15) is 17.0 Å². The predicted molar refractivity (Wildman–Crippen MR) is 115 cm³/mol. The molecule has 0 N–H and O–H groups in total. The number of ether oxygens (including phenoxy) is 1. The van der Waals surface area contributed by atoms with E-state index in [1.54, 1.807) is 31.4 Å². The number of oxazole rings is 1. The molecule has 0 aliphatic carbocycles. The highest BCUT2D eigenvalue weighted by Gasteiger charge is 2.54. The van der Waals surface area contributed by atoms with Crippen molar-refractivity contribution in [3.8, 4) is 17.2 Å². The first kappa shape index (κ1) is 19.9. The van der Waals surface area contributed by atoms with Crippen molar-refractivity contribution < 1.29 is 18.7 Å². The minimum atomic E-state index is -0.867. The van der Waals surface area contributed by atoms with Gasteiger partial charge in [-0.1, -0.05) is 22.9 Å². The van der Waals surface area contributed by atoms with Gasteiger partial charge in [0.2, 0.25) is 5.89 Å². The van der Waals surface area contributed by atoms with Crippen LogP contribution < -0.4 is 9.64 Å². The lowest BCUT2D eigenvalue weighted by Gasteiger charge is -2.20. The first-order chi connectivity index (χ1) is 15.5. The number of hydrogen-bond donors (Lipinski definition) is 0. The van der Waals surface area contributed by atoms with Crippen LogP contribution in [0.25, 0.3) is 11.5 Å². The summed E-state index contributed by atoms with van der Waals surface area (Å²) < 4.78 is 11.0. The minimum Gasteiger partial charge on any atom is -0.497 e. The molecule has 0 bridgehead atoms. The standard InChI is InChI=1S/C23H21N5O4/c1-13-4-6-15(7-5-13)21-24-18(14(2)32-21)12-27-20-19(25-26-27)22(29)28(23(20)30)16-8-10-17(31-3)11-9-16/h4-11,19-20H,12H2,1-3H3. The molecule has 2 aliphatic heterocycles. The van der Waals surface area contributed by atoms with Crippen molar-refractivity contribution in [2.75, 3.05) is 12.0 Å². The molecule has 2 aromatic carbocycles. The van der Waals surface area contributed by atoms with Crippen molar-refractivity contribution in [3.63, 3.8) is 0 Å². The van der Waals surface area contributed by atoms with Gasteiger partial charge in [-0.25, -0.2) is 9.88 Å². The van der Waals surface area contributed by atoms with Gasteiger partial charge in [-0.15, -0.1) is 0 Å². The van der Waals surface area contributed by atoms with Gasteiger partial charge in [0.15, 0.2) is 12.1 Å². The second kappa shape index (κ2) is 7.60. The number of imide groups is 1. The number of fused-ring (bicyclic) bond motifs is 1. The van der Waals surface area contributed by atoms with Crippen LogP contribution in [0.2, 0.25) is 0 Å². The topological polar surface area (TPSA) is 101 Å². The van der Waals surface area contributed by atoms with Crippen LogP contribution in [0, 0.1) is 13.8 Å². The Kier molecular flexibility index (Phi) is 4.73. The number of aromatic nitrogens is 1. The highest BCUT2D eigenvalue weighted by molar-refractivity contribution is 6.25. The maximum atomic E-state index is 13.2. The molecule has 1 fully saturated rings. The molecule has 2 unspecified atom stereocenters. The Morgan fingerprint density at radius 3 is 2.41 bits per heavy atom. The Labute approximate surface area is 184 Å². The van der Waals surface area contributed by atoms with E-state index in [-0.39, 0.29) is 12.5 Å². The van der Waals surface area contributed by atoms with Crippen molar-refractivity contribution in [3.05, 3.63) is 65.5 Å². The molecular formula is C23H21N5O4. The van der Waals surface area contributed by atoms with Crippen LogP contribution in [0.15, 0.2) is 63.3 Å². The van der Waals surface area contributed by atoms with Gasteiger partial charge >= 0.3 is 0 Å². The van der Waals surface area contributed by atoms with Crippen LogP contribution >= 0.6 is 0 Å². The van der Waals surface area contributed by atoms with Gasteiger partial charge in [0.25, 0.3) is 11.8 Å². The molecular weight excluding hydrogens is 410 g/mol. The highest BCUT2D eigenvalue weighted by Crippen LogP contribution is 2.34. The Morgan fingerprint density at radius 1 is 1.00 bits per heavy atom. The van der Waals surface area contributed by atoms with E-state index in [9.17, 15) is 9.59 Å². The average molecular weight is 431 g/mol. The van der Waals surface area contributed by atoms with E-state index < -0.39 is 18.0 Å². The first-order valence-corrected chi connectivity index (χ1v) is 10.2. The number of hydrogen-bond acceptors (Lipinski definition) is 8. The summed E-state index contributed by atoms with van der Waals surface area (Å²) in [6, 6.07) is 13.0. The summed E-state index contributed by atoms with van der Waals surface area (Å²) in [5.74, 6) is 1.01. The van der Waals surface area contributed by atoms with Gasteiger partial charge in [0, 0.05) is 5.56 Å². The molecule has 1 saturated heterocycles. The van der Waals surface area contributed by atoms with Crippen LogP contribution in [-0.2, 0) is 16.1 Å². The normalized spacial score (nSPS) is 19.7. The fraction of sp³-hybridized carbons (Fsp3) is 0.261. The van der Waals surface area contributed by atoms with Crippen LogP contribution in [-0.4, -0.2) is 41.0 Å². The van der Waals surface area contributed by atoms with E-state index in [4.69, 9.17) is 9.15 Å². The van der Waals surface area contributed by atoms with E-state index in [1.165, 1.54) is 5.01 Å². The zero-order chi connectivity index (χ0) is 22.4. The molecule has 0 spiro atoms. The summed E-state index contributed by atoms with van der Waals surface area (Å²) in [5.41, 5.74) is 3.13. The van der Waals surface area contributed by atoms with Gasteiger partial charge in [0.05, 0.1) is 19.3 Å². The largest absolute Gasteiger partial charge is 0.497 e. The molecule has 32 heavy (non-hydrogen) atoms. The summed E-state index contributed by atoms with van der Waals surface area (Å²) in [6.07, 6.45) is 0. The number of anilines is 1. The van der Waals surface area contributed by atoms with E-state index in [0.29, 0.717) is 28.8 Å². The smallest absolute Gasteiger partial charge is 0.263 e. The Morgan fingerprint density at radius 2 is 1.72 bits per heavy atom. The monoisotopic (exact) mass is 431 g/mol. The van der Waals surface area contributed by atoms with Gasteiger partial charge in [-0.3, -0.25) is 14.6 Å². The van der Waals surface area contributed by atoms with Crippen LogP contribution in [0.4, 0.5) is 5.69 Å². The van der Waals surface area contributed by atoms with E-state index >= 15 is 0 Å². The first-order valence-electron chi connectivity index (χ1n) is 10.2. The lowest BCUT2D eigenvalue weighted by molar-refractivity contribution is -0.123. The number of methoxy groups -OCH3 is 1. The maximum absolute atomic E-state index is 13.2. The molecule has 162 valence electrons. The molecule has 1 aromatic heterocycles. The quantitative estimate of drug-likeness (QED) is 0.574. The lowest BCUT2D eigenvalue weighted by Crippen LogP contribution is -2.39. The van der Waals surface area contributed by atoms with Gasteiger partial charge < -0.3 is 9.15 Å². The van der Waals surface area contributed by atoms with Crippen molar-refractivity contribution in [1.82, 2.24) is 9.99 Å². The third kappa shape index (κ3) is 3.22. The number of nitrogens with zero attached hydrogens (tertiary/aromatic N) is 5. The molecule has 5 rings (SSSR count). The predicted octanol–water partition coefficient (Wildman–Crippen LogP) is 3.46. The van der Waals surface area contributed by atoms with E-state index in [0.717, 1.165) is 16.0 Å². The SMILES string of the molecule is COc1ccc(N2C(=O)C3N=NN(Cc4nc(-c5ccc(C)cc5)oc4C)C3C2=O)cc1. The summed E-state index contributed by atoms with van der Waals surface area (Å²) >= 11 is 0. The molecule has 3 heterocycles. The van der Waals surface area contributed by atoms with Crippen LogP contribution in [0.3, 0.4) is 0 Å². The van der Waals surface area contributed by atoms with Crippen molar-refractivity contribution in [2.24, 2.45) is 10.3 Å². The lowest BCUT2D eigenvalue weighted by atomic mass is 10.1. The number of aryl methyl sites for hydroxylation is 2. The molecule has 0 saturated carbocycles. The van der Waals surface area contributed by atoms with Crippen molar-refractivity contribution in [2.45, 2.75) is 32.5 Å². The molecule has 2 aliphatic rings. The number of carbonyl (C=O) groups is 2. The summed E-state index contributed by atoms with van der Waals surface area (Å²) in [5, 5.41) is 9.68. The summed E-state index contributed by atoms with van der Waals surface area (Å²) in [4.78, 5) is 31.8. The molecule has 0 radical (unpaired) electrons. The Hall–Kier alpha value is -4.01. The van der Waals surface area contributed by atoms with Gasteiger partial charge in [0.1, 0.15) is 17.2 Å². The third-order valence-corrected chi connectivity index (χ3v) is 5.69. The fourth-order valence-corrected chi connectivity index (χ4v) is 3.89. The summed E-state index contributed by atoms with van der Waals surface area (Å²) in [7, 11) is 1.56. The molecule has 2 atom stereocenters. The fourth-order valence-electron chi connectivity index (χ4n) is 3.89. The molecule has 2 amide bonds. The van der Waals surface area contributed by atoms with E-state index in [2.05, 4.69) is 15.3 Å². The highest BCUT2D eigenvalue weighted by atomic mass is 16.5. The number of benzene rings is 2. The summed E-state index contributed by atoms with van der Waals surface area (Å²) in [6.45, 7) is 4.04. The minimum absolute atomic E-state index is 0.210. The van der Waals surface area contributed by atoms with Gasteiger partial charge in [-0.2, -0.15) is 5.11 Å². The maximum Gasteiger partial charge on any atom is 0.263 e. The van der Waals surface area contributed by atoms with Crippen molar-refractivity contribution in [1.29, 1.82) is 0 Å². The second-order valence-corrected chi connectivity index (χ2v) is 7.79. The van der Waals surface area contributed by atoms with E-state index in [1.807, 2.05) is 38.1 Å². The van der Waals surface area contributed by atoms with Crippen LogP contribution in [0.5, 0.6) is 5.75 Å². The Bertz CT molecular complexity index is 1220.